The zero-order valence-corrected chi connectivity index (χ0v) is 12.3. The number of carbonyl (C=O) groups excluding carboxylic acids is 1. The first-order chi connectivity index (χ1) is 9.52. The van der Waals surface area contributed by atoms with Crippen LogP contribution >= 0.6 is 0 Å². The number of hydrogen-bond acceptors (Lipinski definition) is 5. The van der Waals surface area contributed by atoms with Gasteiger partial charge in [0.2, 0.25) is 6.79 Å². The van der Waals surface area contributed by atoms with Crippen LogP contribution in [0.3, 0.4) is 0 Å². The molecule has 0 saturated carbocycles. The van der Waals surface area contributed by atoms with Crippen LogP contribution in [0.25, 0.3) is 0 Å². The first-order valence-corrected chi connectivity index (χ1v) is 6.76. The Labute approximate surface area is 119 Å². The van der Waals surface area contributed by atoms with Crippen molar-refractivity contribution in [2.75, 3.05) is 13.9 Å². The number of ether oxygens (including phenoxy) is 3. The van der Waals surface area contributed by atoms with Crippen LogP contribution in [0.1, 0.15) is 32.4 Å². The van der Waals surface area contributed by atoms with Crippen LogP contribution in [0.2, 0.25) is 0 Å². The lowest BCUT2D eigenvalue weighted by Gasteiger charge is -2.24. The van der Waals surface area contributed by atoms with Gasteiger partial charge in [0.25, 0.3) is 0 Å². The minimum absolute atomic E-state index is 0.0102. The Hall–Kier alpha value is -1.75. The molecule has 110 valence electrons. The highest BCUT2D eigenvalue weighted by Crippen LogP contribution is 2.34. The van der Waals surface area contributed by atoms with Crippen LogP contribution < -0.4 is 14.8 Å². The Balaban J connectivity index is 2.10. The topological polar surface area (TPSA) is 56.8 Å². The number of fused-ring (bicyclic) bond motifs is 1. The number of benzene rings is 1. The average molecular weight is 279 g/mol. The number of esters is 1. The predicted molar refractivity (Wildman–Crippen MR) is 74.8 cm³/mol. The summed E-state index contributed by atoms with van der Waals surface area (Å²) in [6.07, 6.45) is 0. The Morgan fingerprint density at radius 1 is 1.25 bits per heavy atom. The lowest BCUT2D eigenvalue weighted by atomic mass is 10.0. The van der Waals surface area contributed by atoms with Gasteiger partial charge in [-0.1, -0.05) is 19.9 Å². The summed E-state index contributed by atoms with van der Waals surface area (Å²) in [6.45, 7) is 6.25. The fourth-order valence-corrected chi connectivity index (χ4v) is 2.21. The maximum Gasteiger partial charge on any atom is 0.323 e. The third-order valence-electron chi connectivity index (χ3n) is 3.45. The Morgan fingerprint density at radius 2 is 1.95 bits per heavy atom. The van der Waals surface area contributed by atoms with Gasteiger partial charge in [-0.15, -0.1) is 0 Å². The van der Waals surface area contributed by atoms with E-state index in [9.17, 15) is 4.79 Å². The highest BCUT2D eigenvalue weighted by molar-refractivity contribution is 5.76. The third kappa shape index (κ3) is 3.04. The Morgan fingerprint density at radius 3 is 2.60 bits per heavy atom. The Kier molecular flexibility index (Phi) is 4.49. The number of carbonyl (C=O) groups is 1. The van der Waals surface area contributed by atoms with Crippen molar-refractivity contribution in [3.05, 3.63) is 23.8 Å². The second kappa shape index (κ2) is 6.13. The second-order valence-electron chi connectivity index (χ2n) is 5.25. The van der Waals surface area contributed by atoms with Crippen LogP contribution in [0.5, 0.6) is 11.5 Å². The van der Waals surface area contributed by atoms with E-state index in [-0.39, 0.29) is 30.8 Å². The van der Waals surface area contributed by atoms with Gasteiger partial charge in [0.05, 0.1) is 7.11 Å². The van der Waals surface area contributed by atoms with Crippen molar-refractivity contribution in [3.8, 4) is 11.5 Å². The number of nitrogens with one attached hydrogen (secondary N) is 1. The van der Waals surface area contributed by atoms with Crippen LogP contribution in [0.15, 0.2) is 18.2 Å². The van der Waals surface area contributed by atoms with E-state index < -0.39 is 0 Å². The van der Waals surface area contributed by atoms with Gasteiger partial charge in [0.1, 0.15) is 6.04 Å². The molecule has 1 aromatic rings. The number of hydrogen-bond donors (Lipinski definition) is 1. The molecular weight excluding hydrogens is 258 g/mol. The zero-order valence-electron chi connectivity index (χ0n) is 12.3. The zero-order chi connectivity index (χ0) is 14.7. The molecule has 0 fully saturated rings. The van der Waals surface area contributed by atoms with E-state index in [2.05, 4.69) is 5.32 Å². The van der Waals surface area contributed by atoms with E-state index in [1.807, 2.05) is 39.0 Å². The average Bonchev–Trinajstić information content (AvgIpc) is 2.90. The summed E-state index contributed by atoms with van der Waals surface area (Å²) in [7, 11) is 1.41. The standard InChI is InChI=1S/C15H21NO4/c1-9(2)14(15(17)18-4)16-10(3)11-5-6-12-13(7-11)20-8-19-12/h5-7,9-10,14,16H,8H2,1-4H3/t10?,14-/m0/s1. The van der Waals surface area contributed by atoms with Gasteiger partial charge in [-0.2, -0.15) is 0 Å². The molecular formula is C15H21NO4. The molecule has 1 aromatic carbocycles. The van der Waals surface area contributed by atoms with Crippen molar-refractivity contribution in [3.63, 3.8) is 0 Å². The van der Waals surface area contributed by atoms with Crippen LogP contribution in [-0.2, 0) is 9.53 Å². The maximum atomic E-state index is 11.8. The molecule has 5 heteroatoms. The normalized spacial score (nSPS) is 16.1. The summed E-state index contributed by atoms with van der Waals surface area (Å²) < 4.78 is 15.5. The summed E-state index contributed by atoms with van der Waals surface area (Å²) in [6, 6.07) is 5.48. The SMILES string of the molecule is COC(=O)[C@@H](NC(C)c1ccc2c(c1)OCO2)C(C)C. The predicted octanol–water partition coefficient (Wildman–Crippen LogP) is 2.26. The molecule has 1 N–H and O–H groups in total. The van der Waals surface area contributed by atoms with Crippen LogP contribution in [-0.4, -0.2) is 25.9 Å². The van der Waals surface area contributed by atoms with Gasteiger partial charge in [-0.3, -0.25) is 10.1 Å². The lowest BCUT2D eigenvalue weighted by Crippen LogP contribution is -2.42. The molecule has 0 amide bonds. The largest absolute Gasteiger partial charge is 0.468 e. The summed E-state index contributed by atoms with van der Waals surface area (Å²) in [5.74, 6) is 1.41. The number of methoxy groups -OCH3 is 1. The molecule has 0 spiro atoms. The highest BCUT2D eigenvalue weighted by Gasteiger charge is 2.25. The summed E-state index contributed by atoms with van der Waals surface area (Å²) in [5, 5.41) is 3.30. The van der Waals surface area contributed by atoms with Crippen LogP contribution in [0.4, 0.5) is 0 Å². The van der Waals surface area contributed by atoms with Crippen molar-refractivity contribution in [1.82, 2.24) is 5.32 Å². The summed E-state index contributed by atoms with van der Waals surface area (Å²) in [4.78, 5) is 11.8. The molecule has 0 bridgehead atoms. The molecule has 0 aromatic heterocycles. The minimum atomic E-state index is -0.333. The summed E-state index contributed by atoms with van der Waals surface area (Å²) in [5.41, 5.74) is 1.05. The van der Waals surface area contributed by atoms with Crippen molar-refractivity contribution >= 4 is 5.97 Å². The first-order valence-electron chi connectivity index (χ1n) is 6.76. The van der Waals surface area contributed by atoms with Gasteiger partial charge >= 0.3 is 5.97 Å². The molecule has 1 heterocycles. The molecule has 1 aliphatic heterocycles. The lowest BCUT2D eigenvalue weighted by molar-refractivity contribution is -0.144. The first kappa shape index (κ1) is 14.7. The van der Waals surface area contributed by atoms with E-state index in [1.165, 1.54) is 7.11 Å². The van der Waals surface area contributed by atoms with Gasteiger partial charge in [0, 0.05) is 6.04 Å². The quantitative estimate of drug-likeness (QED) is 0.838. The second-order valence-corrected chi connectivity index (χ2v) is 5.25. The molecule has 1 unspecified atom stereocenters. The Bertz CT molecular complexity index is 487. The van der Waals surface area contributed by atoms with Gasteiger partial charge < -0.3 is 14.2 Å². The molecule has 20 heavy (non-hydrogen) atoms. The van der Waals surface area contributed by atoms with E-state index in [0.717, 1.165) is 17.1 Å². The smallest absolute Gasteiger partial charge is 0.323 e. The molecule has 0 saturated heterocycles. The van der Waals surface area contributed by atoms with Crippen molar-refractivity contribution in [1.29, 1.82) is 0 Å². The van der Waals surface area contributed by atoms with E-state index in [0.29, 0.717) is 0 Å². The monoisotopic (exact) mass is 279 g/mol. The van der Waals surface area contributed by atoms with E-state index >= 15 is 0 Å². The maximum absolute atomic E-state index is 11.8. The van der Waals surface area contributed by atoms with Gasteiger partial charge in [-0.05, 0) is 30.5 Å². The molecule has 5 nitrogen and oxygen atoms in total. The fraction of sp³-hybridized carbons (Fsp3) is 0.533. The molecule has 2 rings (SSSR count). The van der Waals surface area contributed by atoms with Crippen LogP contribution in [0, 0.1) is 5.92 Å². The van der Waals surface area contributed by atoms with Crippen molar-refractivity contribution < 1.29 is 19.0 Å². The highest BCUT2D eigenvalue weighted by atomic mass is 16.7. The minimum Gasteiger partial charge on any atom is -0.468 e. The molecule has 0 radical (unpaired) electrons. The molecule has 0 aliphatic carbocycles. The van der Waals surface area contributed by atoms with E-state index in [4.69, 9.17) is 14.2 Å². The third-order valence-corrected chi connectivity index (χ3v) is 3.45. The number of rotatable bonds is 5. The summed E-state index contributed by atoms with van der Waals surface area (Å²) >= 11 is 0. The van der Waals surface area contributed by atoms with Crippen molar-refractivity contribution in [2.45, 2.75) is 32.9 Å². The van der Waals surface area contributed by atoms with Gasteiger partial charge in [-0.25, -0.2) is 0 Å². The van der Waals surface area contributed by atoms with E-state index in [1.54, 1.807) is 0 Å². The molecule has 2 atom stereocenters. The molecule has 1 aliphatic rings. The fourth-order valence-electron chi connectivity index (χ4n) is 2.21. The van der Waals surface area contributed by atoms with Gasteiger partial charge in [0.15, 0.2) is 11.5 Å². The van der Waals surface area contributed by atoms with Crippen molar-refractivity contribution in [2.24, 2.45) is 5.92 Å².